The van der Waals surface area contributed by atoms with Gasteiger partial charge in [-0.05, 0) is 60.8 Å². The number of hydrogen-bond donors (Lipinski definition) is 1. The third-order valence-corrected chi connectivity index (χ3v) is 10.0. The van der Waals surface area contributed by atoms with Gasteiger partial charge < -0.3 is 4.74 Å². The van der Waals surface area contributed by atoms with Crippen LogP contribution < -0.4 is 9.46 Å². The summed E-state index contributed by atoms with van der Waals surface area (Å²) in [6, 6.07) is 6.49. The van der Waals surface area contributed by atoms with Crippen molar-refractivity contribution < 1.29 is 21.6 Å². The molecule has 32 heavy (non-hydrogen) atoms. The molecule has 1 aromatic rings. The molecule has 0 amide bonds. The van der Waals surface area contributed by atoms with E-state index in [2.05, 4.69) is 21.8 Å². The molecule has 2 saturated heterocycles. The van der Waals surface area contributed by atoms with Crippen LogP contribution in [0.25, 0.3) is 0 Å². The first-order valence-electron chi connectivity index (χ1n) is 11.4. The third kappa shape index (κ3) is 5.14. The molecule has 4 rings (SSSR count). The van der Waals surface area contributed by atoms with E-state index in [0.29, 0.717) is 12.5 Å². The second kappa shape index (κ2) is 9.21. The lowest BCUT2D eigenvalue weighted by Crippen LogP contribution is -2.58. The smallest absolute Gasteiger partial charge is 0.214 e. The molecular weight excluding hydrogens is 450 g/mol. The minimum Gasteiger partial charge on any atom is -0.497 e. The van der Waals surface area contributed by atoms with Gasteiger partial charge in [-0.2, -0.15) is 4.31 Å². The van der Waals surface area contributed by atoms with Gasteiger partial charge in [0.15, 0.2) is 0 Å². The highest BCUT2D eigenvalue weighted by molar-refractivity contribution is 7.89. The number of benzene rings is 1. The van der Waals surface area contributed by atoms with E-state index in [-0.39, 0.29) is 30.3 Å². The largest absolute Gasteiger partial charge is 0.497 e. The van der Waals surface area contributed by atoms with Crippen molar-refractivity contribution in [3.8, 4) is 5.75 Å². The fourth-order valence-electron chi connectivity index (χ4n) is 5.67. The van der Waals surface area contributed by atoms with Gasteiger partial charge in [0.05, 0.1) is 19.1 Å². The zero-order valence-electron chi connectivity index (χ0n) is 19.2. The van der Waals surface area contributed by atoms with Crippen LogP contribution in [0.1, 0.15) is 43.4 Å². The summed E-state index contributed by atoms with van der Waals surface area (Å²) in [5.74, 6) is 0.877. The summed E-state index contributed by atoms with van der Waals surface area (Å²) >= 11 is 0. The number of rotatable bonds is 7. The first kappa shape index (κ1) is 23.9. The van der Waals surface area contributed by atoms with Crippen molar-refractivity contribution in [2.24, 2.45) is 11.8 Å². The Balaban J connectivity index is 1.52. The summed E-state index contributed by atoms with van der Waals surface area (Å²) in [4.78, 5) is 2.53. The molecule has 10 heteroatoms. The molecule has 3 aliphatic rings. The summed E-state index contributed by atoms with van der Waals surface area (Å²) in [5.41, 5.74) is 2.60. The highest BCUT2D eigenvalue weighted by Crippen LogP contribution is 2.44. The minimum absolute atomic E-state index is 0.00174. The van der Waals surface area contributed by atoms with Crippen LogP contribution in [0, 0.1) is 11.8 Å². The Morgan fingerprint density at radius 3 is 2.72 bits per heavy atom. The van der Waals surface area contributed by atoms with Gasteiger partial charge in [0, 0.05) is 38.3 Å². The maximum absolute atomic E-state index is 13.4. The summed E-state index contributed by atoms with van der Waals surface area (Å²) in [7, 11) is -5.15. The standard InChI is InChI=1S/C22H35N3O5S2/c1-16(13-23-31(3,26)27)15-32(28,29)25-9-4-5-18-14-24-10-8-17-11-19(30-2)6-7-20(17)22(24)12-21(18)25/h6-7,11,16,18,21-23H,4-5,8-10,12-15H2,1-3H3/t16?,18-,21+,22-/m0/s1. The molecule has 0 aromatic heterocycles. The molecule has 0 saturated carbocycles. The molecule has 1 N–H and O–H groups in total. The highest BCUT2D eigenvalue weighted by Gasteiger charge is 2.46. The van der Waals surface area contributed by atoms with Gasteiger partial charge in [0.2, 0.25) is 20.0 Å². The lowest BCUT2D eigenvalue weighted by molar-refractivity contribution is 0.0218. The highest BCUT2D eigenvalue weighted by atomic mass is 32.2. The van der Waals surface area contributed by atoms with E-state index >= 15 is 0 Å². The summed E-state index contributed by atoms with van der Waals surface area (Å²) in [6.07, 6.45) is 4.82. The lowest BCUT2D eigenvalue weighted by Gasteiger charge is -2.51. The van der Waals surface area contributed by atoms with Crippen molar-refractivity contribution in [1.82, 2.24) is 13.9 Å². The van der Waals surface area contributed by atoms with Crippen LogP contribution in [0.3, 0.4) is 0 Å². The first-order chi connectivity index (χ1) is 15.1. The quantitative estimate of drug-likeness (QED) is 0.630. The van der Waals surface area contributed by atoms with E-state index in [1.54, 1.807) is 18.3 Å². The van der Waals surface area contributed by atoms with E-state index in [4.69, 9.17) is 4.74 Å². The van der Waals surface area contributed by atoms with Gasteiger partial charge in [0.1, 0.15) is 5.75 Å². The maximum atomic E-state index is 13.4. The van der Waals surface area contributed by atoms with Gasteiger partial charge in [-0.3, -0.25) is 4.90 Å². The van der Waals surface area contributed by atoms with Crippen molar-refractivity contribution in [2.75, 3.05) is 45.3 Å². The number of methoxy groups -OCH3 is 1. The predicted octanol–water partition coefficient (Wildman–Crippen LogP) is 1.59. The number of fused-ring (bicyclic) bond motifs is 4. The zero-order chi connectivity index (χ0) is 23.1. The molecule has 180 valence electrons. The lowest BCUT2D eigenvalue weighted by atomic mass is 9.77. The fraction of sp³-hybridized carbons (Fsp3) is 0.727. The SMILES string of the molecule is COc1ccc2c(c1)CCN1C[C@@H]3CCCN(S(=O)(=O)CC(C)CNS(C)(=O)=O)[C@@H]3C[C@@H]21. The summed E-state index contributed by atoms with van der Waals surface area (Å²) < 4.78 is 59.1. The Morgan fingerprint density at radius 1 is 1.22 bits per heavy atom. The number of sulfonamides is 2. The first-order valence-corrected chi connectivity index (χ1v) is 14.9. The van der Waals surface area contributed by atoms with Crippen molar-refractivity contribution in [2.45, 2.75) is 44.7 Å². The molecule has 3 aliphatic heterocycles. The van der Waals surface area contributed by atoms with Gasteiger partial charge in [-0.25, -0.2) is 21.6 Å². The molecule has 2 fully saturated rings. The van der Waals surface area contributed by atoms with Crippen LogP contribution in [0.5, 0.6) is 5.75 Å². The van der Waals surface area contributed by atoms with Crippen LogP contribution in [0.15, 0.2) is 18.2 Å². The van der Waals surface area contributed by atoms with Gasteiger partial charge in [-0.1, -0.05) is 13.0 Å². The van der Waals surface area contributed by atoms with Gasteiger partial charge in [0.25, 0.3) is 0 Å². The number of piperidine rings is 2. The van der Waals surface area contributed by atoms with E-state index in [1.807, 2.05) is 6.07 Å². The van der Waals surface area contributed by atoms with Crippen LogP contribution in [-0.2, 0) is 26.5 Å². The van der Waals surface area contributed by atoms with Crippen LogP contribution in [0.4, 0.5) is 0 Å². The Hall–Kier alpha value is -1.20. The molecule has 1 unspecified atom stereocenters. The monoisotopic (exact) mass is 485 g/mol. The third-order valence-electron chi connectivity index (χ3n) is 7.17. The fourth-order valence-corrected chi connectivity index (χ4v) is 8.36. The van der Waals surface area contributed by atoms with Gasteiger partial charge >= 0.3 is 0 Å². The molecule has 1 aromatic carbocycles. The van der Waals surface area contributed by atoms with Crippen molar-refractivity contribution in [3.05, 3.63) is 29.3 Å². The number of nitrogens with one attached hydrogen (secondary N) is 1. The topological polar surface area (TPSA) is 96.0 Å². The Kier molecular flexibility index (Phi) is 6.89. The van der Waals surface area contributed by atoms with Crippen molar-refractivity contribution in [1.29, 1.82) is 0 Å². The molecule has 3 heterocycles. The normalized spacial score (nSPS) is 27.8. The van der Waals surface area contributed by atoms with E-state index in [9.17, 15) is 16.8 Å². The Bertz CT molecular complexity index is 1040. The molecule has 8 nitrogen and oxygen atoms in total. The second-order valence-electron chi connectivity index (χ2n) is 9.65. The molecule has 0 bridgehead atoms. The maximum Gasteiger partial charge on any atom is 0.214 e. The second-order valence-corrected chi connectivity index (χ2v) is 13.4. The molecule has 0 aliphatic carbocycles. The molecule has 0 radical (unpaired) electrons. The average Bonchev–Trinajstić information content (AvgIpc) is 2.74. The van der Waals surface area contributed by atoms with E-state index in [1.165, 1.54) is 11.1 Å². The predicted molar refractivity (Wildman–Crippen MR) is 125 cm³/mol. The minimum atomic E-state index is -3.49. The number of hydrogen-bond acceptors (Lipinski definition) is 6. The zero-order valence-corrected chi connectivity index (χ0v) is 20.8. The van der Waals surface area contributed by atoms with Gasteiger partial charge in [-0.15, -0.1) is 0 Å². The van der Waals surface area contributed by atoms with Crippen LogP contribution in [-0.4, -0.2) is 77.4 Å². The van der Waals surface area contributed by atoms with Crippen LogP contribution >= 0.6 is 0 Å². The Morgan fingerprint density at radius 2 is 2.00 bits per heavy atom. The van der Waals surface area contributed by atoms with E-state index < -0.39 is 20.0 Å². The van der Waals surface area contributed by atoms with E-state index in [0.717, 1.165) is 50.8 Å². The number of nitrogens with zero attached hydrogens (tertiary/aromatic N) is 2. The summed E-state index contributed by atoms with van der Waals surface area (Å²) in [5, 5.41) is 0. The summed E-state index contributed by atoms with van der Waals surface area (Å²) in [6.45, 7) is 4.39. The Labute approximate surface area is 192 Å². The average molecular weight is 486 g/mol. The molecule has 0 spiro atoms. The van der Waals surface area contributed by atoms with Crippen molar-refractivity contribution in [3.63, 3.8) is 0 Å². The molecule has 4 atom stereocenters. The van der Waals surface area contributed by atoms with Crippen molar-refractivity contribution >= 4 is 20.0 Å². The molecular formula is C22H35N3O5S2. The number of ether oxygens (including phenoxy) is 1. The van der Waals surface area contributed by atoms with Crippen LogP contribution in [0.2, 0.25) is 0 Å².